The van der Waals surface area contributed by atoms with Gasteiger partial charge in [-0.3, -0.25) is 5.41 Å². The van der Waals surface area contributed by atoms with Crippen LogP contribution in [0.15, 0.2) is 24.3 Å². The van der Waals surface area contributed by atoms with Crippen LogP contribution in [0.25, 0.3) is 0 Å². The zero-order valence-electron chi connectivity index (χ0n) is 9.91. The van der Waals surface area contributed by atoms with E-state index in [9.17, 15) is 0 Å². The lowest BCUT2D eigenvalue weighted by Gasteiger charge is -2.07. The van der Waals surface area contributed by atoms with Crippen LogP contribution in [0, 0.1) is 5.41 Å². The van der Waals surface area contributed by atoms with Crippen LogP contribution in [0.5, 0.6) is 5.75 Å². The van der Waals surface area contributed by atoms with Gasteiger partial charge in [0, 0.05) is 18.7 Å². The fraction of sp³-hybridized carbons (Fsp3) is 0.417. The molecule has 0 radical (unpaired) electrons. The van der Waals surface area contributed by atoms with Gasteiger partial charge in [-0.1, -0.05) is 0 Å². The van der Waals surface area contributed by atoms with E-state index in [2.05, 4.69) is 5.32 Å². The predicted molar refractivity (Wildman–Crippen MR) is 69.5 cm³/mol. The second-order valence-electron chi connectivity index (χ2n) is 3.68. The van der Waals surface area contributed by atoms with E-state index in [1.165, 1.54) is 0 Å². The quantitative estimate of drug-likeness (QED) is 0.296. The van der Waals surface area contributed by atoms with Crippen molar-refractivity contribution in [3.05, 3.63) is 29.8 Å². The molecular formula is C12H20N4O. The van der Waals surface area contributed by atoms with E-state index in [1.807, 2.05) is 12.1 Å². The van der Waals surface area contributed by atoms with E-state index in [0.717, 1.165) is 25.3 Å². The highest BCUT2D eigenvalue weighted by Gasteiger charge is 1.97. The fourth-order valence-corrected chi connectivity index (χ4v) is 1.34. The SMILES string of the molecule is N=C(N)c1ccc(OCCCNCCN)cc1. The molecule has 0 saturated heterocycles. The van der Waals surface area contributed by atoms with Gasteiger partial charge >= 0.3 is 0 Å². The molecule has 0 amide bonds. The topological polar surface area (TPSA) is 97.2 Å². The normalized spacial score (nSPS) is 10.2. The molecule has 1 rings (SSSR count). The zero-order chi connectivity index (χ0) is 12.5. The highest BCUT2D eigenvalue weighted by atomic mass is 16.5. The van der Waals surface area contributed by atoms with Gasteiger partial charge in [0.05, 0.1) is 6.61 Å². The van der Waals surface area contributed by atoms with Crippen molar-refractivity contribution in [2.45, 2.75) is 6.42 Å². The van der Waals surface area contributed by atoms with Crippen molar-refractivity contribution in [2.75, 3.05) is 26.2 Å². The first-order valence-electron chi connectivity index (χ1n) is 5.72. The second kappa shape index (κ2) is 7.65. The summed E-state index contributed by atoms with van der Waals surface area (Å²) >= 11 is 0. The number of ether oxygens (including phenoxy) is 1. The van der Waals surface area contributed by atoms with E-state index < -0.39 is 0 Å². The lowest BCUT2D eigenvalue weighted by Crippen LogP contribution is -2.24. The standard InChI is InChI=1S/C12H20N4O/c13-6-8-16-7-1-9-17-11-4-2-10(3-5-11)12(14)15/h2-5,16H,1,6-9,13H2,(H3,14,15). The summed E-state index contributed by atoms with van der Waals surface area (Å²) in [6, 6.07) is 7.21. The monoisotopic (exact) mass is 236 g/mol. The molecule has 0 fully saturated rings. The number of nitrogens with two attached hydrogens (primary N) is 2. The van der Waals surface area contributed by atoms with Gasteiger partial charge in [-0.25, -0.2) is 0 Å². The molecule has 5 heteroatoms. The zero-order valence-corrected chi connectivity index (χ0v) is 9.91. The molecule has 1 aromatic carbocycles. The first kappa shape index (κ1) is 13.5. The summed E-state index contributed by atoms with van der Waals surface area (Å²) in [6.45, 7) is 3.07. The molecule has 17 heavy (non-hydrogen) atoms. The summed E-state index contributed by atoms with van der Waals surface area (Å²) in [5, 5.41) is 10.5. The van der Waals surface area contributed by atoms with E-state index in [1.54, 1.807) is 12.1 Å². The van der Waals surface area contributed by atoms with Crippen LogP contribution in [0.3, 0.4) is 0 Å². The average Bonchev–Trinajstić information content (AvgIpc) is 2.34. The molecule has 0 aromatic heterocycles. The molecule has 0 aliphatic heterocycles. The van der Waals surface area contributed by atoms with Gasteiger partial charge in [-0.2, -0.15) is 0 Å². The van der Waals surface area contributed by atoms with Crippen LogP contribution < -0.4 is 21.5 Å². The Balaban J connectivity index is 2.21. The maximum Gasteiger partial charge on any atom is 0.122 e. The van der Waals surface area contributed by atoms with E-state index in [4.69, 9.17) is 21.6 Å². The molecule has 0 aliphatic rings. The number of amidine groups is 1. The highest BCUT2D eigenvalue weighted by Crippen LogP contribution is 2.11. The van der Waals surface area contributed by atoms with Crippen LogP contribution in [0.4, 0.5) is 0 Å². The smallest absolute Gasteiger partial charge is 0.122 e. The minimum absolute atomic E-state index is 0.0718. The Morgan fingerprint density at radius 2 is 1.94 bits per heavy atom. The van der Waals surface area contributed by atoms with Gasteiger partial charge in [-0.05, 0) is 37.2 Å². The minimum Gasteiger partial charge on any atom is -0.494 e. The van der Waals surface area contributed by atoms with Crippen LogP contribution in [0.2, 0.25) is 0 Å². The second-order valence-corrected chi connectivity index (χ2v) is 3.68. The van der Waals surface area contributed by atoms with Crippen molar-refractivity contribution in [3.8, 4) is 5.75 Å². The maximum atomic E-state index is 7.26. The minimum atomic E-state index is 0.0718. The van der Waals surface area contributed by atoms with Crippen molar-refractivity contribution in [3.63, 3.8) is 0 Å². The average molecular weight is 236 g/mol. The van der Waals surface area contributed by atoms with E-state index >= 15 is 0 Å². The number of nitrogen functional groups attached to an aromatic ring is 1. The van der Waals surface area contributed by atoms with Gasteiger partial charge in [0.1, 0.15) is 11.6 Å². The van der Waals surface area contributed by atoms with Crippen molar-refractivity contribution in [1.82, 2.24) is 5.32 Å². The van der Waals surface area contributed by atoms with E-state index in [-0.39, 0.29) is 5.84 Å². The lowest BCUT2D eigenvalue weighted by molar-refractivity contribution is 0.308. The molecule has 5 nitrogen and oxygen atoms in total. The van der Waals surface area contributed by atoms with Gasteiger partial charge < -0.3 is 21.5 Å². The number of rotatable bonds is 8. The first-order valence-corrected chi connectivity index (χ1v) is 5.72. The van der Waals surface area contributed by atoms with Crippen molar-refractivity contribution in [2.24, 2.45) is 11.5 Å². The van der Waals surface area contributed by atoms with Crippen molar-refractivity contribution in [1.29, 1.82) is 5.41 Å². The molecule has 0 atom stereocenters. The fourth-order valence-electron chi connectivity index (χ4n) is 1.34. The van der Waals surface area contributed by atoms with Crippen LogP contribution in [-0.4, -0.2) is 32.1 Å². The third kappa shape index (κ3) is 5.33. The van der Waals surface area contributed by atoms with Crippen LogP contribution in [-0.2, 0) is 0 Å². The molecule has 0 saturated carbocycles. The van der Waals surface area contributed by atoms with Crippen molar-refractivity contribution >= 4 is 5.84 Å². The lowest BCUT2D eigenvalue weighted by atomic mass is 10.2. The van der Waals surface area contributed by atoms with Gasteiger partial charge in [0.2, 0.25) is 0 Å². The Morgan fingerprint density at radius 3 is 2.53 bits per heavy atom. The Hall–Kier alpha value is -1.59. The number of nitrogens with one attached hydrogen (secondary N) is 2. The first-order chi connectivity index (χ1) is 8.24. The van der Waals surface area contributed by atoms with Crippen molar-refractivity contribution < 1.29 is 4.74 Å². The molecule has 0 aliphatic carbocycles. The molecule has 1 aromatic rings. The Bertz CT molecular complexity index is 337. The molecule has 0 heterocycles. The summed E-state index contributed by atoms with van der Waals surface area (Å²) in [7, 11) is 0. The summed E-state index contributed by atoms with van der Waals surface area (Å²) < 4.78 is 5.54. The Kier molecular flexibility index (Phi) is 6.06. The third-order valence-electron chi connectivity index (χ3n) is 2.25. The Labute approximate surface area is 102 Å². The van der Waals surface area contributed by atoms with E-state index in [0.29, 0.717) is 18.7 Å². The molecular weight excluding hydrogens is 216 g/mol. The largest absolute Gasteiger partial charge is 0.494 e. The van der Waals surface area contributed by atoms with Gasteiger partial charge in [-0.15, -0.1) is 0 Å². The summed E-state index contributed by atoms with van der Waals surface area (Å²) in [5.74, 6) is 0.872. The number of benzene rings is 1. The van der Waals surface area contributed by atoms with Gasteiger partial charge in [0.25, 0.3) is 0 Å². The molecule has 6 N–H and O–H groups in total. The van der Waals surface area contributed by atoms with Gasteiger partial charge in [0.15, 0.2) is 0 Å². The number of hydrogen-bond acceptors (Lipinski definition) is 4. The van der Waals surface area contributed by atoms with Crippen LogP contribution >= 0.6 is 0 Å². The third-order valence-corrected chi connectivity index (χ3v) is 2.25. The number of hydrogen-bond donors (Lipinski definition) is 4. The Morgan fingerprint density at radius 1 is 1.24 bits per heavy atom. The molecule has 0 unspecified atom stereocenters. The molecule has 0 spiro atoms. The summed E-state index contributed by atoms with van der Waals surface area (Å²) in [6.07, 6.45) is 0.939. The maximum absolute atomic E-state index is 7.26. The molecule has 94 valence electrons. The summed E-state index contributed by atoms with van der Waals surface area (Å²) in [5.41, 5.74) is 11.4. The highest BCUT2D eigenvalue weighted by molar-refractivity contribution is 5.94. The predicted octanol–water partition coefficient (Wildman–Crippen LogP) is 0.288. The molecule has 0 bridgehead atoms. The summed E-state index contributed by atoms with van der Waals surface area (Å²) in [4.78, 5) is 0. The van der Waals surface area contributed by atoms with Crippen LogP contribution in [0.1, 0.15) is 12.0 Å².